The van der Waals surface area contributed by atoms with Gasteiger partial charge in [-0.1, -0.05) is 17.7 Å². The lowest BCUT2D eigenvalue weighted by Gasteiger charge is -2.27. The van der Waals surface area contributed by atoms with Crippen molar-refractivity contribution in [3.05, 3.63) is 23.4 Å². The Bertz CT molecular complexity index is 354. The highest BCUT2D eigenvalue weighted by atomic mass is 16.2. The molecule has 0 N–H and O–H groups in total. The highest BCUT2D eigenvalue weighted by molar-refractivity contribution is 5.75. The maximum atomic E-state index is 11.8. The molecule has 0 bridgehead atoms. The molecule has 0 spiro atoms. The molecule has 2 aliphatic rings. The molecule has 18 heavy (non-hydrogen) atoms. The van der Waals surface area contributed by atoms with Crippen molar-refractivity contribution in [2.75, 3.05) is 6.54 Å². The maximum absolute atomic E-state index is 11.8. The predicted molar refractivity (Wildman–Crippen MR) is 75.1 cm³/mol. The van der Waals surface area contributed by atoms with E-state index in [0.29, 0.717) is 0 Å². The molecule has 2 aliphatic carbocycles. The Hall–Kier alpha value is -1.05. The van der Waals surface area contributed by atoms with Crippen LogP contribution in [0.25, 0.3) is 0 Å². The first-order valence-corrected chi connectivity index (χ1v) is 7.42. The number of amides is 1. The van der Waals surface area contributed by atoms with Gasteiger partial charge in [-0.3, -0.25) is 4.79 Å². The third-order valence-corrected chi connectivity index (χ3v) is 4.04. The van der Waals surface area contributed by atoms with Gasteiger partial charge in [0.05, 0.1) is 0 Å². The van der Waals surface area contributed by atoms with E-state index < -0.39 is 0 Å². The molecule has 1 amide bonds. The second-order valence-corrected chi connectivity index (χ2v) is 5.47. The SMILES string of the molecule is CC(=O)N(CCC1=CCCCC1)C1=CCCCC1. The van der Waals surface area contributed by atoms with Crippen LogP contribution >= 0.6 is 0 Å². The van der Waals surface area contributed by atoms with Crippen molar-refractivity contribution in [1.29, 1.82) is 0 Å². The number of carbonyl (C=O) groups excluding carboxylic acids is 1. The Morgan fingerprint density at radius 1 is 1.11 bits per heavy atom. The number of rotatable bonds is 4. The number of hydrogen-bond acceptors (Lipinski definition) is 1. The third-order valence-electron chi connectivity index (χ3n) is 4.04. The molecule has 0 aliphatic heterocycles. The van der Waals surface area contributed by atoms with Gasteiger partial charge in [-0.25, -0.2) is 0 Å². The predicted octanol–water partition coefficient (Wildman–Crippen LogP) is 4.18. The van der Waals surface area contributed by atoms with Gasteiger partial charge in [0.2, 0.25) is 5.91 Å². The van der Waals surface area contributed by atoms with Crippen molar-refractivity contribution < 1.29 is 4.79 Å². The zero-order valence-electron chi connectivity index (χ0n) is 11.6. The number of hydrogen-bond donors (Lipinski definition) is 0. The van der Waals surface area contributed by atoms with E-state index in [4.69, 9.17) is 0 Å². The van der Waals surface area contributed by atoms with E-state index in [1.54, 1.807) is 12.5 Å². The van der Waals surface area contributed by atoms with Crippen LogP contribution in [0.3, 0.4) is 0 Å². The van der Waals surface area contributed by atoms with Gasteiger partial charge in [0, 0.05) is 19.2 Å². The Balaban J connectivity index is 1.91. The van der Waals surface area contributed by atoms with Gasteiger partial charge < -0.3 is 4.90 Å². The average molecular weight is 247 g/mol. The summed E-state index contributed by atoms with van der Waals surface area (Å²) in [6, 6.07) is 0. The summed E-state index contributed by atoms with van der Waals surface area (Å²) in [4.78, 5) is 13.8. The first-order valence-electron chi connectivity index (χ1n) is 7.42. The topological polar surface area (TPSA) is 20.3 Å². The van der Waals surface area contributed by atoms with Crippen molar-refractivity contribution in [1.82, 2.24) is 4.90 Å². The summed E-state index contributed by atoms with van der Waals surface area (Å²) in [6.45, 7) is 2.58. The normalized spacial score (nSPS) is 20.1. The molecule has 0 radical (unpaired) electrons. The van der Waals surface area contributed by atoms with E-state index in [1.807, 2.05) is 4.90 Å². The van der Waals surface area contributed by atoms with Crippen LogP contribution in [0.4, 0.5) is 0 Å². The van der Waals surface area contributed by atoms with Gasteiger partial charge in [-0.2, -0.15) is 0 Å². The summed E-state index contributed by atoms with van der Waals surface area (Å²) in [7, 11) is 0. The minimum absolute atomic E-state index is 0.208. The quantitative estimate of drug-likeness (QED) is 0.682. The summed E-state index contributed by atoms with van der Waals surface area (Å²) in [5, 5.41) is 0. The molecule has 0 atom stereocenters. The van der Waals surface area contributed by atoms with Crippen molar-refractivity contribution in [2.45, 2.75) is 64.7 Å². The second kappa shape index (κ2) is 6.77. The lowest BCUT2D eigenvalue weighted by atomic mass is 9.96. The van der Waals surface area contributed by atoms with Crippen LogP contribution < -0.4 is 0 Å². The smallest absolute Gasteiger partial charge is 0.223 e. The van der Waals surface area contributed by atoms with E-state index in [1.165, 1.54) is 44.2 Å². The van der Waals surface area contributed by atoms with Crippen molar-refractivity contribution in [3.63, 3.8) is 0 Å². The van der Waals surface area contributed by atoms with Gasteiger partial charge in [-0.15, -0.1) is 0 Å². The summed E-state index contributed by atoms with van der Waals surface area (Å²) < 4.78 is 0. The summed E-state index contributed by atoms with van der Waals surface area (Å²) in [5.41, 5.74) is 2.83. The van der Waals surface area contributed by atoms with Crippen LogP contribution in [0, 0.1) is 0 Å². The maximum Gasteiger partial charge on any atom is 0.223 e. The van der Waals surface area contributed by atoms with Gasteiger partial charge in [0.15, 0.2) is 0 Å². The lowest BCUT2D eigenvalue weighted by Crippen LogP contribution is -2.30. The van der Waals surface area contributed by atoms with E-state index in [-0.39, 0.29) is 5.91 Å². The van der Waals surface area contributed by atoms with Crippen molar-refractivity contribution in [3.8, 4) is 0 Å². The fourth-order valence-corrected chi connectivity index (χ4v) is 2.96. The van der Waals surface area contributed by atoms with Crippen LogP contribution in [0.1, 0.15) is 64.7 Å². The van der Waals surface area contributed by atoms with Gasteiger partial charge >= 0.3 is 0 Å². The Labute approximate surface area is 111 Å². The molecule has 100 valence electrons. The van der Waals surface area contributed by atoms with Crippen LogP contribution in [0.5, 0.6) is 0 Å². The zero-order valence-corrected chi connectivity index (χ0v) is 11.6. The van der Waals surface area contributed by atoms with Crippen LogP contribution in [-0.4, -0.2) is 17.4 Å². The molecule has 0 saturated carbocycles. The first-order chi connectivity index (χ1) is 8.77. The fourth-order valence-electron chi connectivity index (χ4n) is 2.96. The lowest BCUT2D eigenvalue weighted by molar-refractivity contribution is -0.127. The molecule has 2 rings (SSSR count). The zero-order chi connectivity index (χ0) is 12.8. The van der Waals surface area contributed by atoms with E-state index >= 15 is 0 Å². The molecule has 0 heterocycles. The van der Waals surface area contributed by atoms with Crippen molar-refractivity contribution >= 4 is 5.91 Å². The molecule has 0 saturated heterocycles. The van der Waals surface area contributed by atoms with Crippen LogP contribution in [0.2, 0.25) is 0 Å². The Morgan fingerprint density at radius 3 is 2.39 bits per heavy atom. The summed E-state index contributed by atoms with van der Waals surface area (Å²) >= 11 is 0. The second-order valence-electron chi connectivity index (χ2n) is 5.47. The third kappa shape index (κ3) is 3.72. The molecule has 0 aromatic carbocycles. The molecule has 2 nitrogen and oxygen atoms in total. The highest BCUT2D eigenvalue weighted by Crippen LogP contribution is 2.24. The minimum Gasteiger partial charge on any atom is -0.316 e. The van der Waals surface area contributed by atoms with Crippen LogP contribution in [-0.2, 0) is 4.79 Å². The van der Waals surface area contributed by atoms with Crippen LogP contribution in [0.15, 0.2) is 23.4 Å². The Morgan fingerprint density at radius 2 is 1.83 bits per heavy atom. The molecule has 0 fully saturated rings. The number of allylic oxidation sites excluding steroid dienone is 3. The largest absolute Gasteiger partial charge is 0.316 e. The van der Waals surface area contributed by atoms with E-state index in [2.05, 4.69) is 12.2 Å². The van der Waals surface area contributed by atoms with Gasteiger partial charge in [-0.05, 0) is 57.8 Å². The average Bonchev–Trinajstić information content (AvgIpc) is 2.41. The van der Waals surface area contributed by atoms with Gasteiger partial charge in [0.25, 0.3) is 0 Å². The first kappa shape index (κ1) is 13.4. The highest BCUT2D eigenvalue weighted by Gasteiger charge is 2.16. The van der Waals surface area contributed by atoms with E-state index in [9.17, 15) is 4.79 Å². The molecule has 0 aromatic rings. The molecular formula is C16H25NO. The fraction of sp³-hybridized carbons (Fsp3) is 0.688. The van der Waals surface area contributed by atoms with Crippen molar-refractivity contribution in [2.24, 2.45) is 0 Å². The standard InChI is InChI=1S/C16H25NO/c1-14(18)17(16-10-6-3-7-11-16)13-12-15-8-4-2-5-9-15/h8,10H,2-7,9,11-13H2,1H3. The monoisotopic (exact) mass is 247 g/mol. The number of carbonyl (C=O) groups is 1. The molecule has 2 heteroatoms. The summed E-state index contributed by atoms with van der Waals surface area (Å²) in [6.07, 6.45) is 15.6. The van der Waals surface area contributed by atoms with Gasteiger partial charge in [0.1, 0.15) is 0 Å². The summed E-state index contributed by atoms with van der Waals surface area (Å²) in [5.74, 6) is 0.208. The minimum atomic E-state index is 0.208. The number of nitrogens with zero attached hydrogens (tertiary/aromatic N) is 1. The molecule has 0 aromatic heterocycles. The Kier molecular flexibility index (Phi) is 5.03. The molecular weight excluding hydrogens is 222 g/mol. The van der Waals surface area contributed by atoms with E-state index in [0.717, 1.165) is 25.8 Å². The molecule has 0 unspecified atom stereocenters.